The van der Waals surface area contributed by atoms with E-state index in [4.69, 9.17) is 28.9 Å². The summed E-state index contributed by atoms with van der Waals surface area (Å²) in [5, 5.41) is 46.6. The predicted octanol–water partition coefficient (Wildman–Crippen LogP) is 6.65. The molecule has 14 heteroatoms. The fourth-order valence-corrected chi connectivity index (χ4v) is 9.34. The van der Waals surface area contributed by atoms with Gasteiger partial charge in [0.05, 0.1) is 49.7 Å². The number of carbonyl (C=O) groups is 2. The Bertz CT molecular complexity index is 2090. The SMILES string of the molecule is C=CCO[C@@]12Oc3ccc(OC(=O)NCC)cc3[C@H]3[C@H](CCCCO)[C@@H](CCCCO)C=C(C(=NOCc4ccccc4)C[C@@H]1N(CCOCCO)C(=O)c1ccc(C#N)cc1)[C@H]32. The van der Waals surface area contributed by atoms with Crippen molar-refractivity contribution in [3.05, 3.63) is 119 Å². The number of rotatable bonds is 23. The van der Waals surface area contributed by atoms with E-state index in [2.05, 4.69) is 24.0 Å². The lowest BCUT2D eigenvalue weighted by atomic mass is 9.55. The Labute approximate surface area is 369 Å². The van der Waals surface area contributed by atoms with Crippen molar-refractivity contribution in [1.82, 2.24) is 10.2 Å². The van der Waals surface area contributed by atoms with Gasteiger partial charge in [0.25, 0.3) is 5.91 Å². The molecule has 0 saturated heterocycles. The molecule has 6 rings (SSSR count). The number of aliphatic hydroxyl groups excluding tert-OH is 3. The van der Waals surface area contributed by atoms with Crippen molar-refractivity contribution >= 4 is 17.7 Å². The van der Waals surface area contributed by atoms with Crippen LogP contribution in [-0.2, 0) is 20.9 Å². The molecule has 2 amide bonds. The van der Waals surface area contributed by atoms with Crippen LogP contribution in [0, 0.1) is 29.1 Å². The standard InChI is InChI=1S/C49H60N4O10/c1-3-26-60-49-44(53(22-27-59-28-25-56)47(57)36-18-16-34(32-50)17-19-36)31-42(52-61-33-35-12-6-5-7-13-35)40-29-37(14-8-10-23-54)39(15-9-11-24-55)45(46(40)49)41-30-38(20-21-43(41)63-49)62-48(58)51-4-2/h3,5-7,12-13,16-21,29-30,37,39,44-46,54-56H,1,4,8-11,14-15,22-28,31,33H2,2H3,(H,51,58)/t37-,39+,44-,45+,46+,49+/m0/s1. The quantitative estimate of drug-likeness (QED) is 0.0453. The van der Waals surface area contributed by atoms with Crippen molar-refractivity contribution in [1.29, 1.82) is 5.26 Å². The Morgan fingerprint density at radius 2 is 1.76 bits per heavy atom. The van der Waals surface area contributed by atoms with Gasteiger partial charge in [-0.15, -0.1) is 6.58 Å². The zero-order valence-electron chi connectivity index (χ0n) is 36.0. The third kappa shape index (κ3) is 11.2. The van der Waals surface area contributed by atoms with Crippen molar-refractivity contribution in [2.24, 2.45) is 22.9 Å². The van der Waals surface area contributed by atoms with E-state index in [0.717, 1.165) is 42.4 Å². The minimum absolute atomic E-state index is 0.0124. The van der Waals surface area contributed by atoms with Crippen LogP contribution in [0.25, 0.3) is 0 Å². The number of hydrogen-bond acceptors (Lipinski definition) is 12. The summed E-state index contributed by atoms with van der Waals surface area (Å²) in [6.07, 6.45) is 7.66. The second-order valence-electron chi connectivity index (χ2n) is 16.0. The Morgan fingerprint density at radius 1 is 1.00 bits per heavy atom. The second-order valence-corrected chi connectivity index (χ2v) is 16.0. The highest BCUT2D eigenvalue weighted by Crippen LogP contribution is 2.62. The summed E-state index contributed by atoms with van der Waals surface area (Å²) in [6, 6.07) is 22.7. The summed E-state index contributed by atoms with van der Waals surface area (Å²) in [5.74, 6) is -2.11. The number of ether oxygens (including phenoxy) is 4. The van der Waals surface area contributed by atoms with E-state index in [9.17, 15) is 25.4 Å². The van der Waals surface area contributed by atoms with Crippen molar-refractivity contribution in [2.45, 2.75) is 76.2 Å². The highest BCUT2D eigenvalue weighted by molar-refractivity contribution is 6.03. The Balaban J connectivity index is 1.60. The molecule has 6 atom stereocenters. The van der Waals surface area contributed by atoms with Crippen molar-refractivity contribution < 1.29 is 48.7 Å². The number of hydrogen-bond donors (Lipinski definition) is 4. The highest BCUT2D eigenvalue weighted by atomic mass is 16.7. The molecular weight excluding hydrogens is 805 g/mol. The largest absolute Gasteiger partial charge is 0.459 e. The summed E-state index contributed by atoms with van der Waals surface area (Å²) < 4.78 is 25.9. The number of amides is 2. The first-order valence-electron chi connectivity index (χ1n) is 22.0. The van der Waals surface area contributed by atoms with Crippen molar-refractivity contribution in [3.8, 4) is 17.6 Å². The van der Waals surface area contributed by atoms with Crippen molar-refractivity contribution in [3.63, 3.8) is 0 Å². The van der Waals surface area contributed by atoms with Gasteiger partial charge in [0.1, 0.15) is 24.1 Å². The van der Waals surface area contributed by atoms with Crippen LogP contribution in [-0.4, -0.2) is 102 Å². The number of nitrogens with zero attached hydrogens (tertiary/aromatic N) is 3. The van der Waals surface area contributed by atoms with Gasteiger partial charge in [0, 0.05) is 49.8 Å². The smallest absolute Gasteiger partial charge is 0.412 e. The number of allylic oxidation sites excluding steroid dienone is 1. The molecule has 4 N–H and O–H groups in total. The number of aliphatic hydroxyl groups is 3. The minimum Gasteiger partial charge on any atom is -0.459 e. The van der Waals surface area contributed by atoms with Gasteiger partial charge < -0.3 is 49.3 Å². The summed E-state index contributed by atoms with van der Waals surface area (Å²) in [5.41, 5.74) is 3.93. The summed E-state index contributed by atoms with van der Waals surface area (Å²) in [7, 11) is 0. The number of nitriles is 1. The zero-order chi connectivity index (χ0) is 44.6. The van der Waals surface area contributed by atoms with Gasteiger partial charge in [-0.25, -0.2) is 4.79 Å². The first-order chi connectivity index (χ1) is 30.8. The molecule has 0 unspecified atom stereocenters. The third-order valence-corrected chi connectivity index (χ3v) is 12.0. The summed E-state index contributed by atoms with van der Waals surface area (Å²) in [4.78, 5) is 35.7. The molecule has 3 aromatic carbocycles. The first kappa shape index (κ1) is 46.9. The van der Waals surface area contributed by atoms with E-state index in [0.29, 0.717) is 47.7 Å². The van der Waals surface area contributed by atoms with Gasteiger partial charge in [-0.1, -0.05) is 60.5 Å². The summed E-state index contributed by atoms with van der Waals surface area (Å²) in [6.45, 7) is 6.59. The molecule has 336 valence electrons. The first-order valence-corrected chi connectivity index (χ1v) is 22.0. The number of oxime groups is 1. The van der Waals surface area contributed by atoms with Crippen LogP contribution in [0.2, 0.25) is 0 Å². The molecule has 1 saturated carbocycles. The normalized spacial score (nSPS) is 22.7. The summed E-state index contributed by atoms with van der Waals surface area (Å²) >= 11 is 0. The molecule has 0 spiro atoms. The molecule has 63 heavy (non-hydrogen) atoms. The van der Waals surface area contributed by atoms with E-state index in [1.807, 2.05) is 43.3 Å². The molecule has 1 fully saturated rings. The fraction of sp³-hybridized carbons (Fsp3) is 0.469. The Morgan fingerprint density at radius 3 is 2.46 bits per heavy atom. The van der Waals surface area contributed by atoms with Crippen LogP contribution < -0.4 is 14.8 Å². The molecule has 3 aliphatic rings. The maximum absolute atomic E-state index is 15.1. The molecule has 3 aromatic rings. The van der Waals surface area contributed by atoms with Crippen LogP contribution in [0.4, 0.5) is 4.79 Å². The second kappa shape index (κ2) is 23.2. The van der Waals surface area contributed by atoms with E-state index in [1.54, 1.807) is 47.4 Å². The van der Waals surface area contributed by atoms with Crippen molar-refractivity contribution in [2.75, 3.05) is 52.7 Å². The van der Waals surface area contributed by atoms with Crippen LogP contribution in [0.3, 0.4) is 0 Å². The number of nitrogens with one attached hydrogen (secondary N) is 1. The topological polar surface area (TPSA) is 192 Å². The number of unbranched alkanes of at least 4 members (excludes halogenated alkanes) is 2. The molecule has 14 nitrogen and oxygen atoms in total. The number of fused-ring (bicyclic) bond motifs is 2. The van der Waals surface area contributed by atoms with Crippen LogP contribution >= 0.6 is 0 Å². The van der Waals surface area contributed by atoms with E-state index in [1.165, 1.54) is 0 Å². The van der Waals surface area contributed by atoms with Gasteiger partial charge in [0.2, 0.25) is 5.79 Å². The number of benzene rings is 3. The third-order valence-electron chi connectivity index (χ3n) is 12.0. The molecule has 1 heterocycles. The average molecular weight is 865 g/mol. The highest BCUT2D eigenvalue weighted by Gasteiger charge is 2.65. The van der Waals surface area contributed by atoms with Gasteiger partial charge in [-0.05, 0) is 98.0 Å². The lowest BCUT2D eigenvalue weighted by Crippen LogP contribution is -2.70. The average Bonchev–Trinajstić information content (AvgIpc) is 3.30. The van der Waals surface area contributed by atoms with Gasteiger partial charge >= 0.3 is 6.09 Å². The Kier molecular flexibility index (Phi) is 17.3. The van der Waals surface area contributed by atoms with Gasteiger partial charge in [0.15, 0.2) is 0 Å². The van der Waals surface area contributed by atoms with Crippen LogP contribution in [0.15, 0.2) is 102 Å². The Hall–Kier alpha value is -5.56. The lowest BCUT2D eigenvalue weighted by molar-refractivity contribution is -0.254. The lowest BCUT2D eigenvalue weighted by Gasteiger charge is -2.60. The molecule has 0 radical (unpaired) electrons. The predicted molar refractivity (Wildman–Crippen MR) is 236 cm³/mol. The fourth-order valence-electron chi connectivity index (χ4n) is 9.34. The minimum atomic E-state index is -1.55. The molecule has 0 aromatic heterocycles. The zero-order valence-corrected chi connectivity index (χ0v) is 36.0. The molecular formula is C49H60N4O10. The van der Waals surface area contributed by atoms with Gasteiger partial charge in [-0.3, -0.25) is 4.79 Å². The maximum atomic E-state index is 15.1. The van der Waals surface area contributed by atoms with Gasteiger partial charge in [-0.2, -0.15) is 5.26 Å². The maximum Gasteiger partial charge on any atom is 0.412 e. The van der Waals surface area contributed by atoms with Crippen LogP contribution in [0.5, 0.6) is 11.5 Å². The molecule has 0 bridgehead atoms. The number of carbonyl (C=O) groups excluding carboxylic acids is 2. The van der Waals surface area contributed by atoms with E-state index in [-0.39, 0.29) is 82.9 Å². The molecule has 2 aliphatic carbocycles. The van der Waals surface area contributed by atoms with E-state index < -0.39 is 23.8 Å². The monoisotopic (exact) mass is 864 g/mol. The van der Waals surface area contributed by atoms with E-state index >= 15 is 4.79 Å². The molecule has 1 aliphatic heterocycles. The van der Waals surface area contributed by atoms with Crippen LogP contribution in [0.1, 0.15) is 84.8 Å².